The maximum atomic E-state index is 14.1. The van der Waals surface area contributed by atoms with Gasteiger partial charge in [0.15, 0.2) is 6.30 Å². The molecule has 6 nitrogen and oxygen atoms in total. The van der Waals surface area contributed by atoms with Gasteiger partial charge >= 0.3 is 6.09 Å². The largest absolute Gasteiger partial charge is 0.417 e. The normalized spacial score (nSPS) is 26.1. The van der Waals surface area contributed by atoms with Crippen LogP contribution in [0.5, 0.6) is 0 Å². The van der Waals surface area contributed by atoms with Crippen molar-refractivity contribution >= 4 is 17.5 Å². The average Bonchev–Trinajstić information content (AvgIpc) is 2.89. The quantitative estimate of drug-likeness (QED) is 0.795. The van der Waals surface area contributed by atoms with Gasteiger partial charge in [0.05, 0.1) is 31.1 Å². The molecule has 0 saturated carbocycles. The molecule has 2 heterocycles. The standard InChI is InChI=1S/C14H17FN2O4/c1-19-13-8-17(14(18)21-13)11-5-3-2-4-10(11)16-6-7-20-9-12(16)15/h2-5,12-13H,6-9H2,1H3. The molecule has 2 aliphatic heterocycles. The lowest BCUT2D eigenvalue weighted by atomic mass is 10.2. The summed E-state index contributed by atoms with van der Waals surface area (Å²) in [5, 5.41) is 0. The van der Waals surface area contributed by atoms with Gasteiger partial charge in [-0.25, -0.2) is 9.18 Å². The first-order valence-electron chi connectivity index (χ1n) is 6.79. The smallest absolute Gasteiger partial charge is 0.416 e. The second-order valence-electron chi connectivity index (χ2n) is 4.85. The maximum absolute atomic E-state index is 14.1. The van der Waals surface area contributed by atoms with Crippen molar-refractivity contribution in [3.8, 4) is 0 Å². The van der Waals surface area contributed by atoms with E-state index in [0.717, 1.165) is 0 Å². The van der Waals surface area contributed by atoms with E-state index >= 15 is 0 Å². The van der Waals surface area contributed by atoms with Gasteiger partial charge in [-0.2, -0.15) is 0 Å². The third-order valence-electron chi connectivity index (χ3n) is 3.60. The Balaban J connectivity index is 1.91. The molecular formula is C14H17FN2O4. The molecule has 0 aliphatic carbocycles. The first kappa shape index (κ1) is 14.1. The number of cyclic esters (lactones) is 1. The van der Waals surface area contributed by atoms with E-state index in [1.165, 1.54) is 12.0 Å². The van der Waals surface area contributed by atoms with Crippen molar-refractivity contribution in [2.45, 2.75) is 12.6 Å². The predicted molar refractivity (Wildman–Crippen MR) is 74.1 cm³/mol. The summed E-state index contributed by atoms with van der Waals surface area (Å²) in [6.07, 6.45) is -2.31. The summed E-state index contributed by atoms with van der Waals surface area (Å²) >= 11 is 0. The maximum Gasteiger partial charge on any atom is 0.416 e. The minimum absolute atomic E-state index is 0.0273. The topological polar surface area (TPSA) is 51.2 Å². The van der Waals surface area contributed by atoms with Crippen LogP contribution < -0.4 is 9.80 Å². The van der Waals surface area contributed by atoms with Crippen molar-refractivity contribution in [1.29, 1.82) is 0 Å². The minimum atomic E-state index is -1.23. The van der Waals surface area contributed by atoms with E-state index in [0.29, 0.717) is 24.5 Å². The molecule has 2 aliphatic rings. The van der Waals surface area contributed by atoms with Gasteiger partial charge in [0.2, 0.25) is 6.29 Å². The number of nitrogens with zero attached hydrogens (tertiary/aromatic N) is 2. The minimum Gasteiger partial charge on any atom is -0.417 e. The van der Waals surface area contributed by atoms with Crippen molar-refractivity contribution in [3.05, 3.63) is 24.3 Å². The molecular weight excluding hydrogens is 279 g/mol. The first-order chi connectivity index (χ1) is 10.2. The zero-order chi connectivity index (χ0) is 14.8. The van der Waals surface area contributed by atoms with Crippen molar-refractivity contribution < 1.29 is 23.4 Å². The summed E-state index contributed by atoms with van der Waals surface area (Å²) in [7, 11) is 1.48. The van der Waals surface area contributed by atoms with Gasteiger partial charge in [0, 0.05) is 13.7 Å². The number of halogens is 1. The number of rotatable bonds is 3. The number of carbonyl (C=O) groups excluding carboxylic acids is 1. The molecule has 21 heavy (non-hydrogen) atoms. The van der Waals surface area contributed by atoms with Crippen LogP contribution in [0.2, 0.25) is 0 Å². The fraction of sp³-hybridized carbons (Fsp3) is 0.500. The number of benzene rings is 1. The van der Waals surface area contributed by atoms with Gasteiger partial charge in [-0.05, 0) is 12.1 Å². The highest BCUT2D eigenvalue weighted by atomic mass is 19.1. The molecule has 7 heteroatoms. The van der Waals surface area contributed by atoms with Gasteiger partial charge in [-0.1, -0.05) is 12.1 Å². The number of ether oxygens (including phenoxy) is 3. The Morgan fingerprint density at radius 2 is 2.10 bits per heavy atom. The van der Waals surface area contributed by atoms with Crippen LogP contribution in [0, 0.1) is 0 Å². The van der Waals surface area contributed by atoms with E-state index in [4.69, 9.17) is 14.2 Å². The molecule has 0 N–H and O–H groups in total. The summed E-state index contributed by atoms with van der Waals surface area (Å²) in [5.41, 5.74) is 1.27. The molecule has 2 fully saturated rings. The molecule has 2 unspecified atom stereocenters. The lowest BCUT2D eigenvalue weighted by molar-refractivity contribution is -0.0488. The van der Waals surface area contributed by atoms with E-state index in [9.17, 15) is 9.18 Å². The van der Waals surface area contributed by atoms with E-state index in [2.05, 4.69) is 0 Å². The fourth-order valence-electron chi connectivity index (χ4n) is 2.54. The lowest BCUT2D eigenvalue weighted by Gasteiger charge is -2.34. The zero-order valence-electron chi connectivity index (χ0n) is 11.7. The Labute approximate surface area is 122 Å². The van der Waals surface area contributed by atoms with Gasteiger partial charge < -0.3 is 19.1 Å². The molecule has 0 aromatic heterocycles. The summed E-state index contributed by atoms with van der Waals surface area (Å²) in [6, 6.07) is 7.19. The number of methoxy groups -OCH3 is 1. The van der Waals surface area contributed by atoms with Gasteiger partial charge in [-0.15, -0.1) is 0 Å². The van der Waals surface area contributed by atoms with Crippen LogP contribution in [0.1, 0.15) is 0 Å². The second kappa shape index (κ2) is 5.87. The van der Waals surface area contributed by atoms with Crippen molar-refractivity contribution in [2.24, 2.45) is 0 Å². The van der Waals surface area contributed by atoms with E-state index in [-0.39, 0.29) is 13.2 Å². The summed E-state index contributed by atoms with van der Waals surface area (Å²) in [5.74, 6) is 0. The Hall–Kier alpha value is -1.86. The van der Waals surface area contributed by atoms with Gasteiger partial charge in [-0.3, -0.25) is 4.90 Å². The number of amides is 1. The molecule has 114 valence electrons. The molecule has 1 aromatic rings. The Kier molecular flexibility index (Phi) is 3.94. The summed E-state index contributed by atoms with van der Waals surface area (Å²) in [4.78, 5) is 15.0. The van der Waals surface area contributed by atoms with Crippen LogP contribution in [0.4, 0.5) is 20.6 Å². The molecule has 1 aromatic carbocycles. The number of anilines is 2. The van der Waals surface area contributed by atoms with Crippen LogP contribution in [0.3, 0.4) is 0 Å². The van der Waals surface area contributed by atoms with Crippen LogP contribution in [0.25, 0.3) is 0 Å². The molecule has 0 bridgehead atoms. The third-order valence-corrected chi connectivity index (χ3v) is 3.60. The second-order valence-corrected chi connectivity index (χ2v) is 4.85. The molecule has 2 atom stereocenters. The monoisotopic (exact) mass is 296 g/mol. The van der Waals surface area contributed by atoms with Crippen molar-refractivity contribution in [1.82, 2.24) is 0 Å². The zero-order valence-corrected chi connectivity index (χ0v) is 11.7. The van der Waals surface area contributed by atoms with Crippen molar-refractivity contribution in [3.63, 3.8) is 0 Å². The van der Waals surface area contributed by atoms with Gasteiger partial charge in [0.1, 0.15) is 0 Å². The van der Waals surface area contributed by atoms with Crippen LogP contribution in [0.15, 0.2) is 24.3 Å². The Morgan fingerprint density at radius 3 is 2.76 bits per heavy atom. The average molecular weight is 296 g/mol. The van der Waals surface area contributed by atoms with Crippen LogP contribution >= 0.6 is 0 Å². The van der Waals surface area contributed by atoms with Crippen LogP contribution in [-0.4, -0.2) is 52.1 Å². The fourth-order valence-corrected chi connectivity index (χ4v) is 2.54. The first-order valence-corrected chi connectivity index (χ1v) is 6.79. The SMILES string of the molecule is COC1CN(c2ccccc2N2CCOCC2F)C(=O)O1. The highest BCUT2D eigenvalue weighted by Crippen LogP contribution is 2.34. The van der Waals surface area contributed by atoms with E-state index in [1.807, 2.05) is 6.07 Å². The number of hydrogen-bond donors (Lipinski definition) is 0. The lowest BCUT2D eigenvalue weighted by Crippen LogP contribution is -2.43. The highest BCUT2D eigenvalue weighted by Gasteiger charge is 2.35. The third kappa shape index (κ3) is 2.66. The number of para-hydroxylation sites is 2. The summed E-state index contributed by atoms with van der Waals surface area (Å²) < 4.78 is 29.3. The summed E-state index contributed by atoms with van der Waals surface area (Å²) in [6.45, 7) is 1.21. The Bertz CT molecular complexity index is 527. The van der Waals surface area contributed by atoms with E-state index in [1.54, 1.807) is 23.1 Å². The number of carbonyl (C=O) groups is 1. The van der Waals surface area contributed by atoms with Crippen molar-refractivity contribution in [2.75, 3.05) is 43.2 Å². The molecule has 1 amide bonds. The molecule has 0 spiro atoms. The number of alkyl halides is 1. The van der Waals surface area contributed by atoms with Gasteiger partial charge in [0.25, 0.3) is 0 Å². The highest BCUT2D eigenvalue weighted by molar-refractivity contribution is 5.94. The molecule has 0 radical (unpaired) electrons. The predicted octanol–water partition coefficient (Wildman–Crippen LogP) is 1.75. The molecule has 3 rings (SSSR count). The number of morpholine rings is 1. The Morgan fingerprint density at radius 1 is 1.33 bits per heavy atom. The number of hydrogen-bond acceptors (Lipinski definition) is 5. The molecule has 2 saturated heterocycles. The van der Waals surface area contributed by atoms with Crippen LogP contribution in [-0.2, 0) is 14.2 Å². The van der Waals surface area contributed by atoms with E-state index < -0.39 is 18.7 Å².